The zero-order valence-corrected chi connectivity index (χ0v) is 15.8. The molecule has 1 saturated heterocycles. The number of alkyl halides is 1. The predicted octanol–water partition coefficient (Wildman–Crippen LogP) is 3.92. The lowest BCUT2D eigenvalue weighted by Gasteiger charge is -2.44. The fourth-order valence-corrected chi connectivity index (χ4v) is 4.03. The van der Waals surface area contributed by atoms with Crippen LogP contribution in [0.3, 0.4) is 0 Å². The molecule has 2 aliphatic rings. The van der Waals surface area contributed by atoms with Gasteiger partial charge in [0.2, 0.25) is 0 Å². The average Bonchev–Trinajstić information content (AvgIpc) is 2.57. The van der Waals surface area contributed by atoms with Gasteiger partial charge in [0.25, 0.3) is 0 Å². The Kier molecular flexibility index (Phi) is 5.54. The third-order valence-corrected chi connectivity index (χ3v) is 4.95. The van der Waals surface area contributed by atoms with Gasteiger partial charge in [-0.05, 0) is 63.3 Å². The van der Waals surface area contributed by atoms with Gasteiger partial charge >= 0.3 is 0 Å². The van der Waals surface area contributed by atoms with Gasteiger partial charge in [-0.25, -0.2) is 4.39 Å². The van der Waals surface area contributed by atoms with Gasteiger partial charge in [0.05, 0.1) is 18.8 Å². The Hall–Kier alpha value is -1.33. The molecule has 0 radical (unpaired) electrons. The summed E-state index contributed by atoms with van der Waals surface area (Å²) in [5.74, 6) is 1.35. The Balaban J connectivity index is 1.78. The Morgan fingerprint density at radius 1 is 1.20 bits per heavy atom. The van der Waals surface area contributed by atoms with Crippen LogP contribution in [0.5, 0.6) is 11.5 Å². The Bertz CT molecular complexity index is 599. The van der Waals surface area contributed by atoms with Crippen molar-refractivity contribution in [2.75, 3.05) is 33.5 Å². The molecule has 0 saturated carbocycles. The summed E-state index contributed by atoms with van der Waals surface area (Å²) in [5.41, 5.74) is 2.52. The molecule has 0 aromatic heterocycles. The third kappa shape index (κ3) is 4.26. The summed E-state index contributed by atoms with van der Waals surface area (Å²) in [4.78, 5) is 2.53. The van der Waals surface area contributed by atoms with Crippen LogP contribution in [0.1, 0.15) is 50.8 Å². The zero-order valence-electron chi connectivity index (χ0n) is 15.8. The number of hydrogen-bond acceptors (Lipinski definition) is 4. The number of fused-ring (bicyclic) bond motifs is 3. The summed E-state index contributed by atoms with van der Waals surface area (Å²) in [5, 5.41) is 0. The van der Waals surface area contributed by atoms with E-state index in [0.29, 0.717) is 23.6 Å². The van der Waals surface area contributed by atoms with Gasteiger partial charge in [0.15, 0.2) is 11.5 Å². The number of halogens is 1. The highest BCUT2D eigenvalue weighted by Gasteiger charge is 2.35. The molecule has 2 unspecified atom stereocenters. The minimum Gasteiger partial charge on any atom is -0.493 e. The predicted molar refractivity (Wildman–Crippen MR) is 96.3 cm³/mol. The maximum atomic E-state index is 12.4. The highest BCUT2D eigenvalue weighted by Crippen LogP contribution is 2.42. The van der Waals surface area contributed by atoms with E-state index >= 15 is 0 Å². The Morgan fingerprint density at radius 2 is 2.00 bits per heavy atom. The fraction of sp³-hybridized carbons (Fsp3) is 0.700. The van der Waals surface area contributed by atoms with E-state index in [1.54, 1.807) is 7.11 Å². The van der Waals surface area contributed by atoms with E-state index in [1.807, 2.05) is 6.07 Å². The molecule has 5 heteroatoms. The minimum atomic E-state index is -0.494. The van der Waals surface area contributed by atoms with Crippen molar-refractivity contribution in [3.8, 4) is 11.5 Å². The number of benzene rings is 1. The molecular weight excluding hydrogens is 321 g/mol. The molecule has 0 amide bonds. The Labute approximate surface area is 150 Å². The molecule has 2 heterocycles. The van der Waals surface area contributed by atoms with Crippen LogP contribution in [0.2, 0.25) is 0 Å². The largest absolute Gasteiger partial charge is 0.493 e. The van der Waals surface area contributed by atoms with Crippen molar-refractivity contribution in [2.24, 2.45) is 0 Å². The second-order valence-corrected chi connectivity index (χ2v) is 7.93. The summed E-state index contributed by atoms with van der Waals surface area (Å²) >= 11 is 0. The lowest BCUT2D eigenvalue weighted by Crippen LogP contribution is -2.47. The lowest BCUT2D eigenvalue weighted by molar-refractivity contribution is -0.0971. The van der Waals surface area contributed by atoms with Crippen molar-refractivity contribution in [2.45, 2.75) is 57.8 Å². The van der Waals surface area contributed by atoms with Gasteiger partial charge in [-0.3, -0.25) is 4.90 Å². The van der Waals surface area contributed by atoms with Crippen molar-refractivity contribution in [3.63, 3.8) is 0 Å². The van der Waals surface area contributed by atoms with Gasteiger partial charge < -0.3 is 14.2 Å². The number of piperidine rings is 1. The second-order valence-electron chi connectivity index (χ2n) is 7.93. The first kappa shape index (κ1) is 18.5. The molecule has 0 aliphatic carbocycles. The van der Waals surface area contributed by atoms with Crippen LogP contribution in [-0.2, 0) is 11.2 Å². The molecule has 1 aromatic carbocycles. The molecular formula is C20H30FNO3. The van der Waals surface area contributed by atoms with Gasteiger partial charge in [-0.2, -0.15) is 0 Å². The van der Waals surface area contributed by atoms with Gasteiger partial charge in [0.1, 0.15) is 13.3 Å². The molecule has 3 rings (SSSR count). The zero-order chi connectivity index (χ0) is 18.0. The van der Waals surface area contributed by atoms with Crippen molar-refractivity contribution in [3.05, 3.63) is 23.3 Å². The number of hydrogen-bond donors (Lipinski definition) is 0. The van der Waals surface area contributed by atoms with E-state index < -0.39 is 6.67 Å². The van der Waals surface area contributed by atoms with Crippen molar-refractivity contribution in [1.29, 1.82) is 0 Å². The normalized spacial score (nSPS) is 23.7. The van der Waals surface area contributed by atoms with Crippen LogP contribution in [0, 0.1) is 0 Å². The van der Waals surface area contributed by atoms with E-state index in [0.717, 1.165) is 32.4 Å². The number of nitrogens with zero attached hydrogens (tertiary/aromatic N) is 1. The average molecular weight is 351 g/mol. The molecule has 0 bridgehead atoms. The standard InChI is InChI=1S/C20H30FNO3/c1-20(2,3)25-15-5-6-17-16-12-18(23-4)19(24-10-8-21)11-14(16)7-9-22(17)13-15/h11-12,15,17H,5-10,13H2,1-4H3. The number of ether oxygens (including phenoxy) is 3. The molecule has 1 aromatic rings. The van der Waals surface area contributed by atoms with Crippen molar-refractivity contribution >= 4 is 0 Å². The topological polar surface area (TPSA) is 30.9 Å². The van der Waals surface area contributed by atoms with E-state index in [1.165, 1.54) is 11.1 Å². The monoisotopic (exact) mass is 351 g/mol. The van der Waals surface area contributed by atoms with Gasteiger partial charge in [-0.15, -0.1) is 0 Å². The fourth-order valence-electron chi connectivity index (χ4n) is 4.03. The first-order valence-corrected chi connectivity index (χ1v) is 9.22. The molecule has 2 atom stereocenters. The SMILES string of the molecule is COc1cc2c(cc1OCCF)CCN1CC(OC(C)(C)C)CCC21. The number of rotatable bonds is 5. The summed E-state index contributed by atoms with van der Waals surface area (Å²) in [7, 11) is 1.64. The maximum absolute atomic E-state index is 12.4. The van der Waals surface area contributed by atoms with E-state index in [9.17, 15) is 4.39 Å². The first-order chi connectivity index (χ1) is 11.9. The summed E-state index contributed by atoms with van der Waals surface area (Å²) in [6.45, 7) is 7.93. The van der Waals surface area contributed by atoms with E-state index in [-0.39, 0.29) is 12.2 Å². The van der Waals surface area contributed by atoms with Crippen LogP contribution < -0.4 is 9.47 Å². The van der Waals surface area contributed by atoms with Crippen LogP contribution >= 0.6 is 0 Å². The summed E-state index contributed by atoms with van der Waals surface area (Å²) in [6.07, 6.45) is 3.43. The van der Waals surface area contributed by atoms with Crippen molar-refractivity contribution < 1.29 is 18.6 Å². The molecule has 4 nitrogen and oxygen atoms in total. The summed E-state index contributed by atoms with van der Waals surface area (Å²) in [6, 6.07) is 4.54. The van der Waals surface area contributed by atoms with Gasteiger partial charge in [-0.1, -0.05) is 0 Å². The molecule has 25 heavy (non-hydrogen) atoms. The summed E-state index contributed by atoms with van der Waals surface area (Å²) < 4.78 is 29.6. The van der Waals surface area contributed by atoms with Crippen LogP contribution in [0.4, 0.5) is 4.39 Å². The third-order valence-electron chi connectivity index (χ3n) is 4.95. The lowest BCUT2D eigenvalue weighted by atomic mass is 9.85. The molecule has 0 N–H and O–H groups in total. The van der Waals surface area contributed by atoms with Crippen molar-refractivity contribution in [1.82, 2.24) is 4.90 Å². The highest BCUT2D eigenvalue weighted by molar-refractivity contribution is 5.49. The maximum Gasteiger partial charge on any atom is 0.161 e. The number of methoxy groups -OCH3 is 1. The van der Waals surface area contributed by atoms with E-state index in [2.05, 4.69) is 31.7 Å². The Morgan fingerprint density at radius 3 is 2.68 bits per heavy atom. The molecule has 1 fully saturated rings. The van der Waals surface area contributed by atoms with E-state index in [4.69, 9.17) is 14.2 Å². The van der Waals surface area contributed by atoms with Crippen LogP contribution in [0.25, 0.3) is 0 Å². The minimum absolute atomic E-state index is 0.0660. The molecule has 2 aliphatic heterocycles. The van der Waals surface area contributed by atoms with Crippen LogP contribution in [0.15, 0.2) is 12.1 Å². The smallest absolute Gasteiger partial charge is 0.161 e. The van der Waals surface area contributed by atoms with Crippen LogP contribution in [-0.4, -0.2) is 50.1 Å². The molecule has 140 valence electrons. The highest BCUT2D eigenvalue weighted by atomic mass is 19.1. The quantitative estimate of drug-likeness (QED) is 0.804. The van der Waals surface area contributed by atoms with Gasteiger partial charge in [0, 0.05) is 19.1 Å². The first-order valence-electron chi connectivity index (χ1n) is 9.22. The second kappa shape index (κ2) is 7.50. The molecule has 0 spiro atoms.